The first kappa shape index (κ1) is 12.1. The Bertz CT molecular complexity index is 816. The maximum Gasteiger partial charge on any atom is 0.302 e. The Labute approximate surface area is 115 Å². The maximum absolute atomic E-state index is 9.15. The quantitative estimate of drug-likeness (QED) is 0.719. The lowest BCUT2D eigenvalue weighted by molar-refractivity contribution is 0.603. The van der Waals surface area contributed by atoms with Crippen molar-refractivity contribution in [3.63, 3.8) is 0 Å². The number of benzene rings is 2. The van der Waals surface area contributed by atoms with Gasteiger partial charge in [0, 0.05) is 18.8 Å². The first-order valence-electron chi connectivity index (χ1n) is 6.08. The summed E-state index contributed by atoms with van der Waals surface area (Å²) in [6.07, 6.45) is 0. The highest BCUT2D eigenvalue weighted by atomic mass is 16.4. The average molecular weight is 264 g/mol. The molecule has 0 bridgehead atoms. The van der Waals surface area contributed by atoms with Gasteiger partial charge in [0.15, 0.2) is 5.58 Å². The van der Waals surface area contributed by atoms with Crippen molar-refractivity contribution in [2.75, 3.05) is 17.7 Å². The van der Waals surface area contributed by atoms with Gasteiger partial charge in [0.05, 0.1) is 11.3 Å². The van der Waals surface area contributed by atoms with E-state index in [4.69, 9.17) is 15.4 Å². The monoisotopic (exact) mass is 264 g/mol. The van der Waals surface area contributed by atoms with Crippen LogP contribution in [0.2, 0.25) is 0 Å². The molecule has 0 radical (unpaired) electrons. The smallest absolute Gasteiger partial charge is 0.302 e. The van der Waals surface area contributed by atoms with Gasteiger partial charge in [-0.1, -0.05) is 12.1 Å². The van der Waals surface area contributed by atoms with Crippen LogP contribution in [0.1, 0.15) is 5.56 Å². The van der Waals surface area contributed by atoms with Gasteiger partial charge < -0.3 is 10.2 Å². The fraction of sp³-hybridized carbons (Fsp3) is 0.0667. The molecule has 20 heavy (non-hydrogen) atoms. The van der Waals surface area contributed by atoms with E-state index in [1.54, 1.807) is 23.1 Å². The van der Waals surface area contributed by atoms with Crippen LogP contribution in [0.15, 0.2) is 46.9 Å². The summed E-state index contributed by atoms with van der Waals surface area (Å²) in [6.45, 7) is 0. The van der Waals surface area contributed by atoms with E-state index in [1.165, 1.54) is 0 Å². The van der Waals surface area contributed by atoms with Crippen LogP contribution in [0, 0.1) is 11.3 Å². The van der Waals surface area contributed by atoms with E-state index in [2.05, 4.69) is 11.1 Å². The summed E-state index contributed by atoms with van der Waals surface area (Å²) in [5, 5.41) is 9.15. The van der Waals surface area contributed by atoms with E-state index in [1.807, 2.05) is 31.3 Å². The van der Waals surface area contributed by atoms with Gasteiger partial charge in [-0.15, -0.1) is 0 Å². The Morgan fingerprint density at radius 1 is 1.25 bits per heavy atom. The number of anilines is 3. The zero-order chi connectivity index (χ0) is 14.1. The van der Waals surface area contributed by atoms with Crippen LogP contribution in [0.4, 0.5) is 17.4 Å². The zero-order valence-electron chi connectivity index (χ0n) is 10.9. The molecule has 2 N–H and O–H groups in total. The molecule has 0 spiro atoms. The van der Waals surface area contributed by atoms with Gasteiger partial charge in [-0.05, 0) is 24.3 Å². The zero-order valence-corrected chi connectivity index (χ0v) is 10.9. The molecule has 0 aliphatic rings. The molecule has 0 aliphatic heterocycles. The standard InChI is InChI=1S/C15H12N4O/c1-19(13-5-3-2-4-10(13)9-16)15-18-12-7-6-11(17)8-14(12)20-15/h2-8H,17H2,1H3. The van der Waals surface area contributed by atoms with E-state index >= 15 is 0 Å². The maximum atomic E-state index is 9.15. The first-order chi connectivity index (χ1) is 9.69. The van der Waals surface area contributed by atoms with Crippen molar-refractivity contribution in [1.29, 1.82) is 5.26 Å². The molecule has 0 aliphatic carbocycles. The van der Waals surface area contributed by atoms with Crippen molar-refractivity contribution >= 4 is 28.5 Å². The lowest BCUT2D eigenvalue weighted by atomic mass is 10.2. The molecule has 0 fully saturated rings. The van der Waals surface area contributed by atoms with E-state index in [0.717, 1.165) is 11.2 Å². The molecule has 0 amide bonds. The average Bonchev–Trinajstić information content (AvgIpc) is 2.89. The highest BCUT2D eigenvalue weighted by Gasteiger charge is 2.14. The molecule has 3 rings (SSSR count). The summed E-state index contributed by atoms with van der Waals surface area (Å²) in [6, 6.07) is 15.2. The van der Waals surface area contributed by atoms with Crippen molar-refractivity contribution in [1.82, 2.24) is 4.98 Å². The van der Waals surface area contributed by atoms with Gasteiger partial charge in [0.25, 0.3) is 0 Å². The van der Waals surface area contributed by atoms with Gasteiger partial charge in [0.1, 0.15) is 11.6 Å². The number of nitriles is 1. The third-order valence-electron chi connectivity index (χ3n) is 3.07. The van der Waals surface area contributed by atoms with Gasteiger partial charge in [-0.2, -0.15) is 10.2 Å². The topological polar surface area (TPSA) is 79.1 Å². The van der Waals surface area contributed by atoms with Crippen LogP contribution >= 0.6 is 0 Å². The fourth-order valence-corrected chi connectivity index (χ4v) is 2.04. The van der Waals surface area contributed by atoms with Crippen LogP contribution < -0.4 is 10.6 Å². The molecule has 0 saturated carbocycles. The second kappa shape index (κ2) is 4.59. The predicted octanol–water partition coefficient (Wildman–Crippen LogP) is 3.05. The number of hydrogen-bond donors (Lipinski definition) is 1. The van der Waals surface area contributed by atoms with Crippen LogP contribution in [-0.2, 0) is 0 Å². The Balaban J connectivity index is 2.08. The third kappa shape index (κ3) is 1.93. The lowest BCUT2D eigenvalue weighted by Crippen LogP contribution is -2.11. The minimum atomic E-state index is 0.424. The van der Waals surface area contributed by atoms with Gasteiger partial charge in [-0.3, -0.25) is 4.90 Å². The first-order valence-corrected chi connectivity index (χ1v) is 6.08. The number of fused-ring (bicyclic) bond motifs is 1. The van der Waals surface area contributed by atoms with Crippen molar-refractivity contribution in [3.8, 4) is 6.07 Å². The van der Waals surface area contributed by atoms with Gasteiger partial charge in [0.2, 0.25) is 0 Å². The number of para-hydroxylation sites is 1. The Hall–Kier alpha value is -3.00. The molecule has 3 aromatic rings. The van der Waals surface area contributed by atoms with E-state index < -0.39 is 0 Å². The number of aromatic nitrogens is 1. The molecule has 5 nitrogen and oxygen atoms in total. The fourth-order valence-electron chi connectivity index (χ4n) is 2.04. The summed E-state index contributed by atoms with van der Waals surface area (Å²) in [5.41, 5.74) is 9.02. The normalized spacial score (nSPS) is 10.4. The number of nitrogen functional groups attached to an aromatic ring is 1. The highest BCUT2D eigenvalue weighted by Crippen LogP contribution is 2.29. The van der Waals surface area contributed by atoms with E-state index in [-0.39, 0.29) is 0 Å². The molecule has 0 unspecified atom stereocenters. The van der Waals surface area contributed by atoms with Crippen LogP contribution in [0.3, 0.4) is 0 Å². The lowest BCUT2D eigenvalue weighted by Gasteiger charge is -2.15. The number of oxazole rings is 1. The minimum absolute atomic E-state index is 0.424. The van der Waals surface area contributed by atoms with Crippen molar-refractivity contribution < 1.29 is 4.42 Å². The second-order valence-electron chi connectivity index (χ2n) is 4.41. The van der Waals surface area contributed by atoms with E-state index in [9.17, 15) is 0 Å². The minimum Gasteiger partial charge on any atom is -0.423 e. The molecular weight excluding hydrogens is 252 g/mol. The second-order valence-corrected chi connectivity index (χ2v) is 4.41. The Kier molecular flexibility index (Phi) is 2.77. The summed E-state index contributed by atoms with van der Waals surface area (Å²) in [4.78, 5) is 6.14. The highest BCUT2D eigenvalue weighted by molar-refractivity contribution is 5.79. The van der Waals surface area contributed by atoms with Crippen LogP contribution in [0.5, 0.6) is 0 Å². The van der Waals surface area contributed by atoms with Crippen molar-refractivity contribution in [3.05, 3.63) is 48.0 Å². The van der Waals surface area contributed by atoms with Crippen LogP contribution in [-0.4, -0.2) is 12.0 Å². The molecule has 5 heteroatoms. The molecule has 0 atom stereocenters. The summed E-state index contributed by atoms with van der Waals surface area (Å²) < 4.78 is 5.69. The SMILES string of the molecule is CN(c1nc2ccc(N)cc2o1)c1ccccc1C#N. The van der Waals surface area contributed by atoms with Gasteiger partial charge in [-0.25, -0.2) is 0 Å². The van der Waals surface area contributed by atoms with Crippen LogP contribution in [0.25, 0.3) is 11.1 Å². The molecule has 0 saturated heterocycles. The van der Waals surface area contributed by atoms with Crippen molar-refractivity contribution in [2.45, 2.75) is 0 Å². The third-order valence-corrected chi connectivity index (χ3v) is 3.07. The molecule has 2 aromatic carbocycles. The number of nitrogens with zero attached hydrogens (tertiary/aromatic N) is 3. The number of hydrogen-bond acceptors (Lipinski definition) is 5. The summed E-state index contributed by atoms with van der Waals surface area (Å²) in [7, 11) is 1.81. The number of nitrogens with two attached hydrogens (primary N) is 1. The molecular formula is C15H12N4O. The molecule has 1 heterocycles. The van der Waals surface area contributed by atoms with Gasteiger partial charge >= 0.3 is 6.01 Å². The summed E-state index contributed by atoms with van der Waals surface area (Å²) >= 11 is 0. The molecule has 98 valence electrons. The van der Waals surface area contributed by atoms with E-state index in [0.29, 0.717) is 22.8 Å². The van der Waals surface area contributed by atoms with Crippen molar-refractivity contribution in [2.24, 2.45) is 0 Å². The Morgan fingerprint density at radius 2 is 2.05 bits per heavy atom. The largest absolute Gasteiger partial charge is 0.423 e. The summed E-state index contributed by atoms with van der Waals surface area (Å²) in [5.74, 6) is 0. The predicted molar refractivity (Wildman–Crippen MR) is 77.6 cm³/mol. The molecule has 1 aromatic heterocycles. The Morgan fingerprint density at radius 3 is 2.85 bits per heavy atom. The number of rotatable bonds is 2.